The minimum absolute atomic E-state index is 0.0111. The van der Waals surface area contributed by atoms with Gasteiger partial charge in [-0.2, -0.15) is 0 Å². The minimum atomic E-state index is -3.91. The van der Waals surface area contributed by atoms with Gasteiger partial charge in [-0.15, -0.1) is 0 Å². The van der Waals surface area contributed by atoms with Crippen LogP contribution in [0.15, 0.2) is 83.8 Å². The van der Waals surface area contributed by atoms with Crippen LogP contribution >= 0.6 is 0 Å². The van der Waals surface area contributed by atoms with Gasteiger partial charge in [0.25, 0.3) is 5.91 Å². The molecule has 0 heterocycles. The molecule has 232 valence electrons. The summed E-state index contributed by atoms with van der Waals surface area (Å²) in [6, 6.07) is 18.5. The Labute approximate surface area is 254 Å². The molecular weight excluding hydrogens is 593 g/mol. The maximum atomic E-state index is 13.5. The van der Waals surface area contributed by atoms with Gasteiger partial charge < -0.3 is 15.7 Å². The fourth-order valence-corrected chi connectivity index (χ4v) is 6.37. The van der Waals surface area contributed by atoms with Crippen LogP contribution in [-0.2, 0) is 38.5 Å². The minimum Gasteiger partial charge on any atom is -0.391 e. The first-order valence-electron chi connectivity index (χ1n) is 13.7. The fraction of sp³-hybridized carbons (Fsp3) is 0.355. The zero-order valence-corrected chi connectivity index (χ0v) is 26.2. The lowest BCUT2D eigenvalue weighted by atomic mass is 9.93. The maximum Gasteiger partial charge on any atom is 0.251 e. The van der Waals surface area contributed by atoms with Crippen LogP contribution in [0.3, 0.4) is 0 Å². The number of hydrogen-bond donors (Lipinski definition) is 4. The first-order valence-corrected chi connectivity index (χ1v) is 16.9. The summed E-state index contributed by atoms with van der Waals surface area (Å²) in [6.07, 6.45) is -0.105. The number of carbonyl (C=O) groups excluding carboxylic acids is 2. The lowest BCUT2D eigenvalue weighted by molar-refractivity contribution is -0.123. The van der Waals surface area contributed by atoms with Crippen LogP contribution in [0.4, 0.5) is 4.39 Å². The van der Waals surface area contributed by atoms with Crippen molar-refractivity contribution in [3.8, 4) is 0 Å². The van der Waals surface area contributed by atoms with E-state index in [0.29, 0.717) is 11.1 Å². The summed E-state index contributed by atoms with van der Waals surface area (Å²) in [5.41, 5.74) is 1.26. The number of aliphatic hydroxyl groups excluding tert-OH is 1. The topological polar surface area (TPSA) is 142 Å². The van der Waals surface area contributed by atoms with Crippen LogP contribution in [0.1, 0.15) is 42.3 Å². The quantitative estimate of drug-likeness (QED) is 0.229. The van der Waals surface area contributed by atoms with Crippen molar-refractivity contribution in [1.29, 1.82) is 0 Å². The summed E-state index contributed by atoms with van der Waals surface area (Å²) >= 11 is 0. The van der Waals surface area contributed by atoms with Crippen molar-refractivity contribution in [1.82, 2.24) is 15.4 Å². The van der Waals surface area contributed by atoms with Crippen molar-refractivity contribution >= 4 is 32.6 Å². The molecule has 0 radical (unpaired) electrons. The van der Waals surface area contributed by atoms with Gasteiger partial charge in [-0.3, -0.25) is 13.8 Å². The van der Waals surface area contributed by atoms with Crippen LogP contribution in [-0.4, -0.2) is 65.3 Å². The molecule has 3 rings (SSSR count). The molecule has 4 N–H and O–H groups in total. The number of benzene rings is 3. The van der Waals surface area contributed by atoms with E-state index in [0.717, 1.165) is 24.0 Å². The van der Waals surface area contributed by atoms with Gasteiger partial charge in [-0.1, -0.05) is 48.5 Å². The summed E-state index contributed by atoms with van der Waals surface area (Å²) in [6.45, 7) is 5.58. The summed E-state index contributed by atoms with van der Waals surface area (Å²) in [7, 11) is -5.76. The van der Waals surface area contributed by atoms with Gasteiger partial charge in [0.15, 0.2) is 0 Å². The zero-order chi connectivity index (χ0) is 31.8. The molecule has 3 aromatic rings. The summed E-state index contributed by atoms with van der Waals surface area (Å²) in [4.78, 5) is 26.7. The molecule has 0 fully saturated rings. The summed E-state index contributed by atoms with van der Waals surface area (Å²) in [5.74, 6) is -2.05. The number of aliphatic hydroxyl groups is 1. The Morgan fingerprint density at radius 1 is 0.930 bits per heavy atom. The molecule has 0 aliphatic rings. The highest BCUT2D eigenvalue weighted by Crippen LogP contribution is 2.17. The molecule has 3 aromatic carbocycles. The third-order valence-corrected chi connectivity index (χ3v) is 8.48. The standard InChI is InChI=1S/C31H38FN3O6S2/c1-31(2,3)34-29(37)25-13-9-8-12-22(25)19-28(36)26(18-21-10-6-5-7-11-21)33-30(38)27(35-43(4,40)41)20-42(39)24-16-14-23(32)15-17-24/h5-17,26-28,35-36H,18-20H2,1-4H3,(H,33,38)(H,34,37)/t26-,27-,28+,42?/m0/s1. The van der Waals surface area contributed by atoms with Gasteiger partial charge in [-0.25, -0.2) is 17.5 Å². The van der Waals surface area contributed by atoms with E-state index in [4.69, 9.17) is 0 Å². The predicted molar refractivity (Wildman–Crippen MR) is 165 cm³/mol. The number of nitrogens with one attached hydrogen (secondary N) is 3. The Kier molecular flexibility index (Phi) is 11.7. The number of halogens is 1. The number of hydrogen-bond acceptors (Lipinski definition) is 6. The van der Waals surface area contributed by atoms with E-state index in [1.54, 1.807) is 24.3 Å². The Bertz CT molecular complexity index is 1530. The highest BCUT2D eigenvalue weighted by Gasteiger charge is 2.30. The Morgan fingerprint density at radius 2 is 1.53 bits per heavy atom. The number of rotatable bonds is 13. The van der Waals surface area contributed by atoms with Gasteiger partial charge in [0, 0.05) is 22.4 Å². The van der Waals surface area contributed by atoms with Crippen molar-refractivity contribution < 1.29 is 31.7 Å². The van der Waals surface area contributed by atoms with Crippen molar-refractivity contribution in [2.45, 2.75) is 62.2 Å². The van der Waals surface area contributed by atoms with Gasteiger partial charge in [0.1, 0.15) is 11.9 Å². The smallest absolute Gasteiger partial charge is 0.251 e. The van der Waals surface area contributed by atoms with E-state index in [1.807, 2.05) is 51.1 Å². The maximum absolute atomic E-state index is 13.5. The number of amides is 2. The van der Waals surface area contributed by atoms with Crippen molar-refractivity contribution in [2.24, 2.45) is 0 Å². The fourth-order valence-electron chi connectivity index (χ4n) is 4.39. The molecule has 2 amide bonds. The molecule has 0 saturated carbocycles. The third kappa shape index (κ3) is 11.3. The lowest BCUT2D eigenvalue weighted by Gasteiger charge is -2.28. The predicted octanol–water partition coefficient (Wildman–Crippen LogP) is 2.71. The van der Waals surface area contributed by atoms with E-state index >= 15 is 0 Å². The largest absolute Gasteiger partial charge is 0.391 e. The Balaban J connectivity index is 1.88. The van der Waals surface area contributed by atoms with Gasteiger partial charge in [0.2, 0.25) is 15.9 Å². The SMILES string of the molecule is CC(C)(C)NC(=O)c1ccccc1C[C@@H](O)[C@H](Cc1ccccc1)NC(=O)[C@H](CS(=O)c1ccc(F)cc1)NS(C)(=O)=O. The highest BCUT2D eigenvalue weighted by molar-refractivity contribution is 7.89. The van der Waals surface area contributed by atoms with E-state index in [-0.39, 0.29) is 23.6 Å². The van der Waals surface area contributed by atoms with Crippen LogP contribution in [0.2, 0.25) is 0 Å². The molecule has 0 saturated heterocycles. The number of carbonyl (C=O) groups is 2. The third-order valence-electron chi connectivity index (χ3n) is 6.34. The average molecular weight is 632 g/mol. The first-order chi connectivity index (χ1) is 20.1. The van der Waals surface area contributed by atoms with Crippen LogP contribution < -0.4 is 15.4 Å². The second-order valence-electron chi connectivity index (χ2n) is 11.3. The molecule has 12 heteroatoms. The molecule has 0 aliphatic carbocycles. The lowest BCUT2D eigenvalue weighted by Crippen LogP contribution is -2.55. The van der Waals surface area contributed by atoms with Gasteiger partial charge in [-0.05, 0) is 68.7 Å². The molecule has 1 unspecified atom stereocenters. The normalized spacial score (nSPS) is 14.7. The van der Waals surface area contributed by atoms with E-state index in [1.165, 1.54) is 12.1 Å². The van der Waals surface area contributed by atoms with Crippen LogP contribution in [0, 0.1) is 5.82 Å². The summed E-state index contributed by atoms with van der Waals surface area (Å²) < 4.78 is 52.9. The van der Waals surface area contributed by atoms with Crippen molar-refractivity contribution in [2.75, 3.05) is 12.0 Å². The average Bonchev–Trinajstić information content (AvgIpc) is 2.91. The zero-order valence-electron chi connectivity index (χ0n) is 24.5. The van der Waals surface area contributed by atoms with E-state index in [2.05, 4.69) is 15.4 Å². The van der Waals surface area contributed by atoms with Gasteiger partial charge in [0.05, 0.1) is 35.0 Å². The Morgan fingerprint density at radius 3 is 2.14 bits per heavy atom. The second-order valence-corrected chi connectivity index (χ2v) is 14.6. The van der Waals surface area contributed by atoms with Crippen molar-refractivity contribution in [3.63, 3.8) is 0 Å². The number of sulfonamides is 1. The molecule has 43 heavy (non-hydrogen) atoms. The molecule has 0 spiro atoms. The molecule has 9 nitrogen and oxygen atoms in total. The summed E-state index contributed by atoms with van der Waals surface area (Å²) in [5, 5.41) is 17.1. The van der Waals surface area contributed by atoms with Crippen molar-refractivity contribution in [3.05, 3.63) is 101 Å². The highest BCUT2D eigenvalue weighted by atomic mass is 32.2. The molecular formula is C31H38FN3O6S2. The second kappa shape index (κ2) is 14.8. The van der Waals surface area contributed by atoms with Gasteiger partial charge >= 0.3 is 0 Å². The molecule has 0 aromatic heterocycles. The molecule has 0 aliphatic heterocycles. The van der Waals surface area contributed by atoms with Crippen LogP contribution in [0.25, 0.3) is 0 Å². The molecule has 4 atom stereocenters. The van der Waals surface area contributed by atoms with E-state index < -0.39 is 62.0 Å². The van der Waals surface area contributed by atoms with Crippen LogP contribution in [0.5, 0.6) is 0 Å². The first kappa shape index (κ1) is 34.0. The van der Waals surface area contributed by atoms with E-state index in [9.17, 15) is 31.7 Å². The Hall–Kier alpha value is -3.45. The monoisotopic (exact) mass is 631 g/mol. The molecule has 0 bridgehead atoms.